The molecule has 1 N–H and O–H groups in total. The van der Waals surface area contributed by atoms with Gasteiger partial charge in [0.2, 0.25) is 0 Å². The van der Waals surface area contributed by atoms with Gasteiger partial charge in [0.25, 0.3) is 0 Å². The van der Waals surface area contributed by atoms with Gasteiger partial charge in [-0.25, -0.2) is 0 Å². The largest absolute Gasteiger partial charge is 0.313 e. The topological polar surface area (TPSA) is 12.0 Å². The molecular formula is C15H27N. The predicted molar refractivity (Wildman–Crippen MR) is 70.6 cm³/mol. The Hall–Kier alpha value is -0.300. The van der Waals surface area contributed by atoms with Crippen LogP contribution >= 0.6 is 0 Å². The normalized spacial score (nSPS) is 35.1. The summed E-state index contributed by atoms with van der Waals surface area (Å²) in [6.07, 6.45) is 11.2. The average molecular weight is 221 g/mol. The molecule has 0 spiro atoms. The van der Waals surface area contributed by atoms with E-state index in [1.54, 1.807) is 11.1 Å². The highest BCUT2D eigenvalue weighted by Crippen LogP contribution is 2.48. The second-order valence-electron chi connectivity index (χ2n) is 5.97. The first-order valence-electron chi connectivity index (χ1n) is 7.06. The highest BCUT2D eigenvalue weighted by atomic mass is 14.9. The van der Waals surface area contributed by atoms with Gasteiger partial charge < -0.3 is 5.32 Å². The summed E-state index contributed by atoms with van der Waals surface area (Å²) in [4.78, 5) is 0. The van der Waals surface area contributed by atoms with Crippen LogP contribution in [0.3, 0.4) is 0 Å². The molecule has 16 heavy (non-hydrogen) atoms. The maximum atomic E-state index is 3.53. The number of nitrogens with one attached hydrogen (secondary N) is 1. The van der Waals surface area contributed by atoms with Gasteiger partial charge in [0.15, 0.2) is 0 Å². The minimum Gasteiger partial charge on any atom is -0.313 e. The van der Waals surface area contributed by atoms with E-state index in [4.69, 9.17) is 0 Å². The van der Waals surface area contributed by atoms with Gasteiger partial charge in [-0.1, -0.05) is 24.5 Å². The molecule has 92 valence electrons. The Morgan fingerprint density at radius 1 is 1.38 bits per heavy atom. The van der Waals surface area contributed by atoms with Crippen molar-refractivity contribution in [1.82, 2.24) is 5.32 Å². The van der Waals surface area contributed by atoms with Gasteiger partial charge >= 0.3 is 0 Å². The summed E-state index contributed by atoms with van der Waals surface area (Å²) in [5, 5.41) is 3.53. The van der Waals surface area contributed by atoms with Gasteiger partial charge in [-0.05, 0) is 64.3 Å². The summed E-state index contributed by atoms with van der Waals surface area (Å²) >= 11 is 0. The van der Waals surface area contributed by atoms with E-state index in [-0.39, 0.29) is 0 Å². The van der Waals surface area contributed by atoms with Crippen molar-refractivity contribution in [2.45, 2.75) is 71.3 Å². The summed E-state index contributed by atoms with van der Waals surface area (Å²) < 4.78 is 0. The maximum Gasteiger partial charge on any atom is 0.0279 e. The van der Waals surface area contributed by atoms with Gasteiger partial charge in [-0.15, -0.1) is 0 Å². The first kappa shape index (κ1) is 12.2. The van der Waals surface area contributed by atoms with Crippen molar-refractivity contribution >= 4 is 0 Å². The molecule has 1 nitrogen and oxygen atoms in total. The van der Waals surface area contributed by atoms with Crippen molar-refractivity contribution in [3.8, 4) is 0 Å². The molecule has 1 heteroatoms. The fourth-order valence-corrected chi connectivity index (χ4v) is 4.13. The molecule has 0 fully saturated rings. The van der Waals surface area contributed by atoms with Crippen LogP contribution in [0.2, 0.25) is 0 Å². The molecule has 2 aliphatic rings. The Kier molecular flexibility index (Phi) is 3.73. The van der Waals surface area contributed by atoms with Gasteiger partial charge in [0.05, 0.1) is 0 Å². The summed E-state index contributed by atoms with van der Waals surface area (Å²) in [7, 11) is 2.13. The average Bonchev–Trinajstić information content (AvgIpc) is 2.46. The zero-order valence-corrected chi connectivity index (χ0v) is 11.2. The molecule has 2 rings (SSSR count). The summed E-state index contributed by atoms with van der Waals surface area (Å²) in [5.41, 5.74) is 4.12. The molecule has 0 saturated heterocycles. The van der Waals surface area contributed by atoms with Crippen molar-refractivity contribution in [1.29, 1.82) is 0 Å². The van der Waals surface area contributed by atoms with Crippen molar-refractivity contribution in [3.05, 3.63) is 11.1 Å². The van der Waals surface area contributed by atoms with Crippen molar-refractivity contribution in [2.24, 2.45) is 5.41 Å². The fraction of sp³-hybridized carbons (Fsp3) is 0.867. The van der Waals surface area contributed by atoms with Crippen molar-refractivity contribution < 1.29 is 0 Å². The van der Waals surface area contributed by atoms with E-state index >= 15 is 0 Å². The van der Waals surface area contributed by atoms with Gasteiger partial charge in [-0.2, -0.15) is 0 Å². The van der Waals surface area contributed by atoms with Crippen LogP contribution in [0.1, 0.15) is 65.2 Å². The summed E-state index contributed by atoms with van der Waals surface area (Å²) in [5.74, 6) is 0. The smallest absolute Gasteiger partial charge is 0.0279 e. The van der Waals surface area contributed by atoms with E-state index in [1.165, 1.54) is 51.4 Å². The maximum absolute atomic E-state index is 3.53. The lowest BCUT2D eigenvalue weighted by atomic mass is 9.72. The van der Waals surface area contributed by atoms with Crippen LogP contribution in [0.25, 0.3) is 0 Å². The Morgan fingerprint density at radius 2 is 2.19 bits per heavy atom. The third-order valence-corrected chi connectivity index (χ3v) is 4.85. The summed E-state index contributed by atoms with van der Waals surface area (Å²) in [6.45, 7) is 4.74. The molecular weight excluding hydrogens is 194 g/mol. The number of likely N-dealkylation sites (N-methyl/N-ethyl adjacent to an activating group) is 1. The number of allylic oxidation sites excluding steroid dienone is 1. The molecule has 0 aromatic carbocycles. The first-order chi connectivity index (χ1) is 7.71. The highest BCUT2D eigenvalue weighted by Gasteiger charge is 2.36. The fourth-order valence-electron chi connectivity index (χ4n) is 4.13. The Bertz CT molecular complexity index is 279. The molecule has 0 aromatic rings. The Balaban J connectivity index is 2.26. The van der Waals surface area contributed by atoms with Gasteiger partial charge in [-0.3, -0.25) is 0 Å². The van der Waals surface area contributed by atoms with Gasteiger partial charge in [0, 0.05) is 6.04 Å². The molecule has 2 bridgehead atoms. The SMILES string of the molecule is CCCC12CCCC(=C(C)C1)C(NC)CC2. The molecule has 0 amide bonds. The van der Waals surface area contributed by atoms with Crippen LogP contribution in [-0.4, -0.2) is 13.1 Å². The lowest BCUT2D eigenvalue weighted by molar-refractivity contribution is 0.201. The van der Waals surface area contributed by atoms with Crippen LogP contribution in [-0.2, 0) is 0 Å². The van der Waals surface area contributed by atoms with E-state index in [0.29, 0.717) is 11.5 Å². The number of hydrogen-bond acceptors (Lipinski definition) is 1. The molecule has 0 saturated carbocycles. The second kappa shape index (κ2) is 4.91. The van der Waals surface area contributed by atoms with Crippen LogP contribution < -0.4 is 5.32 Å². The quantitative estimate of drug-likeness (QED) is 0.709. The third kappa shape index (κ3) is 2.20. The molecule has 0 aliphatic heterocycles. The first-order valence-corrected chi connectivity index (χ1v) is 7.06. The van der Waals surface area contributed by atoms with E-state index in [2.05, 4.69) is 26.2 Å². The third-order valence-electron chi connectivity index (χ3n) is 4.85. The van der Waals surface area contributed by atoms with Crippen LogP contribution in [0.5, 0.6) is 0 Å². The monoisotopic (exact) mass is 221 g/mol. The van der Waals surface area contributed by atoms with Crippen molar-refractivity contribution in [2.75, 3.05) is 7.05 Å². The van der Waals surface area contributed by atoms with Gasteiger partial charge in [0.1, 0.15) is 0 Å². The number of rotatable bonds is 3. The minimum absolute atomic E-state index is 0.659. The van der Waals surface area contributed by atoms with Crippen LogP contribution in [0.4, 0.5) is 0 Å². The van der Waals surface area contributed by atoms with Crippen molar-refractivity contribution in [3.63, 3.8) is 0 Å². The minimum atomic E-state index is 0.659. The molecule has 2 unspecified atom stereocenters. The lowest BCUT2D eigenvalue weighted by Gasteiger charge is -2.34. The molecule has 0 heterocycles. The zero-order valence-electron chi connectivity index (χ0n) is 11.2. The number of hydrogen-bond donors (Lipinski definition) is 1. The number of fused-ring (bicyclic) bond motifs is 2. The zero-order chi connectivity index (χ0) is 11.6. The van der Waals surface area contributed by atoms with Crippen LogP contribution in [0.15, 0.2) is 11.1 Å². The van der Waals surface area contributed by atoms with E-state index in [1.807, 2.05) is 0 Å². The second-order valence-corrected chi connectivity index (χ2v) is 5.97. The lowest BCUT2D eigenvalue weighted by Crippen LogP contribution is -2.30. The predicted octanol–water partition coefficient (Wildman–Crippen LogP) is 4.05. The molecule has 2 atom stereocenters. The molecule has 0 aromatic heterocycles. The standard InChI is InChI=1S/C15H27N/c1-4-8-15-9-5-6-13(12(2)11-15)14(16-3)7-10-15/h14,16H,4-11H2,1-3H3. The highest BCUT2D eigenvalue weighted by molar-refractivity contribution is 5.24. The van der Waals surface area contributed by atoms with E-state index < -0.39 is 0 Å². The molecule has 2 aliphatic carbocycles. The van der Waals surface area contributed by atoms with E-state index in [9.17, 15) is 0 Å². The van der Waals surface area contributed by atoms with Crippen LogP contribution in [0, 0.1) is 5.41 Å². The van der Waals surface area contributed by atoms with E-state index in [0.717, 1.165) is 0 Å². The molecule has 0 radical (unpaired) electrons. The Labute approximate surface area is 101 Å². The Morgan fingerprint density at radius 3 is 2.88 bits per heavy atom. The summed E-state index contributed by atoms with van der Waals surface area (Å²) in [6, 6.07) is 0.680.